The zero-order valence-corrected chi connectivity index (χ0v) is 18.1. The number of anilines is 3. The lowest BCUT2D eigenvalue weighted by atomic mass is 9.90. The summed E-state index contributed by atoms with van der Waals surface area (Å²) in [7, 11) is 0. The molecule has 2 aromatic heterocycles. The molecule has 0 bridgehead atoms. The molecule has 170 valence electrons. The van der Waals surface area contributed by atoms with E-state index in [0.29, 0.717) is 36.3 Å². The number of rotatable bonds is 4. The highest BCUT2D eigenvalue weighted by Gasteiger charge is 2.31. The lowest BCUT2D eigenvalue weighted by Gasteiger charge is -2.42. The highest BCUT2D eigenvalue weighted by molar-refractivity contribution is 5.73. The van der Waals surface area contributed by atoms with Crippen molar-refractivity contribution in [1.29, 1.82) is 0 Å². The van der Waals surface area contributed by atoms with E-state index in [2.05, 4.69) is 30.5 Å². The molecule has 2 N–H and O–H groups in total. The molecule has 1 aromatic carbocycles. The Morgan fingerprint density at radius 1 is 1.12 bits per heavy atom. The zero-order valence-electron chi connectivity index (χ0n) is 18.1. The van der Waals surface area contributed by atoms with Crippen molar-refractivity contribution >= 4 is 17.5 Å². The van der Waals surface area contributed by atoms with Crippen molar-refractivity contribution in [3.05, 3.63) is 53.4 Å². The quantitative estimate of drug-likeness (QED) is 0.623. The molecule has 33 heavy (non-hydrogen) atoms. The molecule has 9 heteroatoms. The van der Waals surface area contributed by atoms with Crippen LogP contribution in [0.4, 0.5) is 26.2 Å². The Hall–Kier alpha value is -3.33. The first-order valence-corrected chi connectivity index (χ1v) is 11.4. The molecule has 3 aliphatic rings. The van der Waals surface area contributed by atoms with Crippen molar-refractivity contribution in [1.82, 2.24) is 20.3 Å². The molecule has 1 aliphatic carbocycles. The Balaban J connectivity index is 1.34. The van der Waals surface area contributed by atoms with Gasteiger partial charge in [-0.15, -0.1) is 0 Å². The summed E-state index contributed by atoms with van der Waals surface area (Å²) >= 11 is 0. The lowest BCUT2D eigenvalue weighted by molar-refractivity contribution is 0.268. The zero-order chi connectivity index (χ0) is 22.4. The molecular weight excluding hydrogens is 426 g/mol. The van der Waals surface area contributed by atoms with Crippen molar-refractivity contribution in [3.63, 3.8) is 0 Å². The third-order valence-corrected chi connectivity index (χ3v) is 6.61. The predicted molar refractivity (Wildman–Crippen MR) is 121 cm³/mol. The minimum absolute atomic E-state index is 0.0375. The molecule has 7 nitrogen and oxygen atoms in total. The van der Waals surface area contributed by atoms with Crippen LogP contribution in [0.3, 0.4) is 0 Å². The molecule has 0 radical (unpaired) electrons. The summed E-state index contributed by atoms with van der Waals surface area (Å²) in [5.41, 5.74) is 3.24. The molecule has 0 saturated heterocycles. The molecule has 1 fully saturated rings. The van der Waals surface area contributed by atoms with Crippen LogP contribution in [0.2, 0.25) is 0 Å². The second kappa shape index (κ2) is 8.22. The summed E-state index contributed by atoms with van der Waals surface area (Å²) in [6.07, 6.45) is 5.26. The standard InChI is InChI=1S/C24H24F2N6O/c25-17-10-15(11-20-23(17)33-9-8-32(20)16-2-1-3-16)22-18(26)13-28-24(31-22)30-21-5-4-14-12-27-7-6-19(14)29-21/h4-5,10-11,13,16,27H,1-3,6-9,12H2,(H,28,29,30,31). The van der Waals surface area contributed by atoms with E-state index in [1.807, 2.05) is 12.1 Å². The van der Waals surface area contributed by atoms with E-state index in [4.69, 9.17) is 4.74 Å². The van der Waals surface area contributed by atoms with Crippen molar-refractivity contribution in [3.8, 4) is 17.0 Å². The maximum Gasteiger partial charge on any atom is 0.229 e. The van der Waals surface area contributed by atoms with E-state index in [9.17, 15) is 8.78 Å². The van der Waals surface area contributed by atoms with Gasteiger partial charge < -0.3 is 20.3 Å². The van der Waals surface area contributed by atoms with Crippen LogP contribution in [0, 0.1) is 11.6 Å². The van der Waals surface area contributed by atoms with Crippen LogP contribution in [0.15, 0.2) is 30.5 Å². The van der Waals surface area contributed by atoms with E-state index in [0.717, 1.165) is 49.8 Å². The molecule has 4 heterocycles. The first-order valence-electron chi connectivity index (χ1n) is 11.4. The maximum absolute atomic E-state index is 15.0. The van der Waals surface area contributed by atoms with Crippen LogP contribution in [-0.4, -0.2) is 40.7 Å². The SMILES string of the molecule is Fc1cnc(Nc2ccc3c(n2)CCNC3)nc1-c1cc(F)c2c(c1)N(C1CCC1)CCO2. The molecule has 0 spiro atoms. The largest absolute Gasteiger partial charge is 0.486 e. The third kappa shape index (κ3) is 3.76. The average Bonchev–Trinajstić information content (AvgIpc) is 2.79. The van der Waals surface area contributed by atoms with Crippen LogP contribution >= 0.6 is 0 Å². The second-order valence-electron chi connectivity index (χ2n) is 8.68. The molecule has 0 amide bonds. The predicted octanol–water partition coefficient (Wildman–Crippen LogP) is 3.96. The van der Waals surface area contributed by atoms with E-state index < -0.39 is 11.6 Å². The van der Waals surface area contributed by atoms with Gasteiger partial charge in [0.2, 0.25) is 5.95 Å². The van der Waals surface area contributed by atoms with E-state index in [-0.39, 0.29) is 17.4 Å². The number of nitrogens with zero attached hydrogens (tertiary/aromatic N) is 4. The number of benzene rings is 1. The number of ether oxygens (including phenoxy) is 1. The maximum atomic E-state index is 15.0. The lowest BCUT2D eigenvalue weighted by Crippen LogP contribution is -2.44. The van der Waals surface area contributed by atoms with Gasteiger partial charge in [0.15, 0.2) is 17.4 Å². The molecule has 3 aromatic rings. The molecule has 6 rings (SSSR count). The molecule has 1 saturated carbocycles. The van der Waals surface area contributed by atoms with Gasteiger partial charge in [0.25, 0.3) is 0 Å². The number of aromatic nitrogens is 3. The van der Waals surface area contributed by atoms with Crippen molar-refractivity contribution in [2.75, 3.05) is 29.9 Å². The van der Waals surface area contributed by atoms with Gasteiger partial charge in [-0.2, -0.15) is 0 Å². The van der Waals surface area contributed by atoms with Gasteiger partial charge in [0.05, 0.1) is 18.4 Å². The van der Waals surface area contributed by atoms with Gasteiger partial charge in [0.1, 0.15) is 18.1 Å². The number of halogens is 2. The monoisotopic (exact) mass is 450 g/mol. The number of hydrogen-bond donors (Lipinski definition) is 2. The topological polar surface area (TPSA) is 75.2 Å². The first-order chi connectivity index (χ1) is 16.2. The normalized spacial score (nSPS) is 17.6. The van der Waals surface area contributed by atoms with Gasteiger partial charge >= 0.3 is 0 Å². The number of pyridine rings is 1. The van der Waals surface area contributed by atoms with Gasteiger partial charge in [-0.3, -0.25) is 0 Å². The van der Waals surface area contributed by atoms with E-state index in [1.165, 1.54) is 12.5 Å². The first kappa shape index (κ1) is 20.3. The van der Waals surface area contributed by atoms with Crippen LogP contribution in [-0.2, 0) is 13.0 Å². The van der Waals surface area contributed by atoms with Crippen molar-refractivity contribution in [2.45, 2.75) is 38.3 Å². The summed E-state index contributed by atoms with van der Waals surface area (Å²) in [4.78, 5) is 15.3. The molecule has 0 atom stereocenters. The third-order valence-electron chi connectivity index (χ3n) is 6.61. The summed E-state index contributed by atoms with van der Waals surface area (Å²) < 4.78 is 35.3. The van der Waals surface area contributed by atoms with Crippen LogP contribution in [0.1, 0.15) is 30.5 Å². The van der Waals surface area contributed by atoms with Crippen LogP contribution < -0.4 is 20.3 Å². The summed E-state index contributed by atoms with van der Waals surface area (Å²) in [5.74, 6) is -0.0924. The van der Waals surface area contributed by atoms with Gasteiger partial charge in [-0.1, -0.05) is 6.07 Å². The summed E-state index contributed by atoms with van der Waals surface area (Å²) in [6.45, 7) is 2.82. The molecule has 2 aliphatic heterocycles. The van der Waals surface area contributed by atoms with Gasteiger partial charge in [0, 0.05) is 36.8 Å². The number of fused-ring (bicyclic) bond motifs is 2. The van der Waals surface area contributed by atoms with Gasteiger partial charge in [-0.25, -0.2) is 23.7 Å². The van der Waals surface area contributed by atoms with Crippen molar-refractivity contribution in [2.24, 2.45) is 0 Å². The van der Waals surface area contributed by atoms with Crippen LogP contribution in [0.25, 0.3) is 11.3 Å². The Labute approximate surface area is 190 Å². The Morgan fingerprint density at radius 3 is 2.88 bits per heavy atom. The number of nitrogens with one attached hydrogen (secondary N) is 2. The second-order valence-corrected chi connectivity index (χ2v) is 8.68. The Bertz CT molecular complexity index is 1220. The fraction of sp³-hybridized carbons (Fsp3) is 0.375. The van der Waals surface area contributed by atoms with Crippen LogP contribution in [0.5, 0.6) is 5.75 Å². The Morgan fingerprint density at radius 2 is 2.03 bits per heavy atom. The van der Waals surface area contributed by atoms with Crippen molar-refractivity contribution < 1.29 is 13.5 Å². The van der Waals surface area contributed by atoms with E-state index >= 15 is 0 Å². The highest BCUT2D eigenvalue weighted by atomic mass is 19.1. The van der Waals surface area contributed by atoms with E-state index in [1.54, 1.807) is 6.07 Å². The Kier molecular flexibility index (Phi) is 5.05. The summed E-state index contributed by atoms with van der Waals surface area (Å²) in [5, 5.41) is 6.38. The molecule has 0 unspecified atom stereocenters. The minimum atomic E-state index is -0.615. The summed E-state index contributed by atoms with van der Waals surface area (Å²) in [6, 6.07) is 7.29. The fourth-order valence-corrected chi connectivity index (χ4v) is 4.67. The fourth-order valence-electron chi connectivity index (χ4n) is 4.67. The van der Waals surface area contributed by atoms with Gasteiger partial charge in [-0.05, 0) is 43.0 Å². The highest BCUT2D eigenvalue weighted by Crippen LogP contribution is 2.42. The number of hydrogen-bond acceptors (Lipinski definition) is 7. The molecular formula is C24H24F2N6O. The average molecular weight is 450 g/mol. The minimum Gasteiger partial charge on any atom is -0.486 e. The smallest absolute Gasteiger partial charge is 0.229 e.